The van der Waals surface area contributed by atoms with Crippen LogP contribution in [0.1, 0.15) is 53.3 Å². The van der Waals surface area contributed by atoms with Crippen molar-refractivity contribution in [2.24, 2.45) is 10.2 Å². The molecule has 1 N–H and O–H groups in total. The number of nitrogens with zero attached hydrogens (tertiary/aromatic N) is 8. The molecule has 0 atom stereocenters. The normalized spacial score (nSPS) is 10.5. The Morgan fingerprint density at radius 3 is 1.82 bits per heavy atom. The number of hydrogen-bond donors (Lipinski definition) is 1. The van der Waals surface area contributed by atoms with Gasteiger partial charge in [0.2, 0.25) is 0 Å². The molecule has 14 nitrogen and oxygen atoms in total. The van der Waals surface area contributed by atoms with Gasteiger partial charge in [0.1, 0.15) is 6.61 Å². The molecule has 2 rings (SSSR count). The number of alkyl halides is 2. The van der Waals surface area contributed by atoms with Crippen molar-refractivity contribution in [3.05, 3.63) is 55.9 Å². The van der Waals surface area contributed by atoms with E-state index in [1.54, 1.807) is 0 Å². The third-order valence-electron chi connectivity index (χ3n) is 4.36. The Balaban J connectivity index is 0.000000619. The maximum atomic E-state index is 11.2. The van der Waals surface area contributed by atoms with Crippen molar-refractivity contribution in [3.8, 4) is 0 Å². The van der Waals surface area contributed by atoms with Crippen LogP contribution in [-0.2, 0) is 17.6 Å². The van der Waals surface area contributed by atoms with Crippen LogP contribution in [0.15, 0.2) is 31.4 Å². The first-order chi connectivity index (χ1) is 15.9. The Morgan fingerprint density at radius 2 is 1.47 bits per heavy atom. The second-order valence-corrected chi connectivity index (χ2v) is 13.3. The van der Waals surface area contributed by atoms with Crippen molar-refractivity contribution in [2.75, 3.05) is 5.34 Å². The molecule has 2 amide bonds. The van der Waals surface area contributed by atoms with Gasteiger partial charge in [-0.2, -0.15) is 0 Å². The van der Waals surface area contributed by atoms with Crippen molar-refractivity contribution >= 4 is 43.3 Å². The lowest BCUT2D eigenvalue weighted by Gasteiger charge is -2.35. The first-order valence-corrected chi connectivity index (χ1v) is 13.3. The zero-order valence-electron chi connectivity index (χ0n) is 19.1. The minimum Gasteiger partial charge on any atom is -0.409 e. The number of carbonyl (C=O) groups is 2. The summed E-state index contributed by atoms with van der Waals surface area (Å²) in [4.78, 5) is 26.7. The molecule has 17 heteroatoms. The van der Waals surface area contributed by atoms with Crippen molar-refractivity contribution < 1.29 is 28.2 Å². The summed E-state index contributed by atoms with van der Waals surface area (Å²) >= 11 is 9.53. The van der Waals surface area contributed by atoms with E-state index < -0.39 is 20.1 Å². The van der Waals surface area contributed by atoms with Gasteiger partial charge in [0.25, 0.3) is 11.8 Å². The molecule has 0 aromatic carbocycles. The third-order valence-corrected chi connectivity index (χ3v) is 8.84. The summed E-state index contributed by atoms with van der Waals surface area (Å²) in [5.41, 5.74) is 15.9. The van der Waals surface area contributed by atoms with Crippen LogP contribution in [0.25, 0.3) is 20.9 Å². The van der Waals surface area contributed by atoms with Gasteiger partial charge in [-0.25, -0.2) is 0 Å². The Morgan fingerprint density at radius 1 is 1.06 bits per heavy atom. The Labute approximate surface area is 205 Å². The smallest absolute Gasteiger partial charge is 0.270 e. The molecule has 2 aromatic rings. The number of hydrogen-bond acceptors (Lipinski definition) is 8. The average molecular weight is 535 g/mol. The fourth-order valence-electron chi connectivity index (χ4n) is 1.62. The quantitative estimate of drug-likeness (QED) is 0.159. The number of amides is 2. The molecule has 0 spiro atoms. The third kappa shape index (κ3) is 10.8. The zero-order chi connectivity index (χ0) is 26.4. The van der Waals surface area contributed by atoms with Crippen LogP contribution in [0, 0.1) is 0 Å². The van der Waals surface area contributed by atoms with Crippen LogP contribution < -0.4 is 0 Å². The van der Waals surface area contributed by atoms with Crippen molar-refractivity contribution in [3.63, 3.8) is 0 Å². The van der Waals surface area contributed by atoms with Crippen LogP contribution in [0.3, 0.4) is 0 Å². The number of carbonyl (C=O) groups excluding carboxylic acids is 2. The van der Waals surface area contributed by atoms with Gasteiger partial charge in [0.05, 0.1) is 11.9 Å². The van der Waals surface area contributed by atoms with Gasteiger partial charge in [-0.3, -0.25) is 9.59 Å². The fourth-order valence-corrected chi connectivity index (χ4v) is 2.56. The van der Waals surface area contributed by atoms with Crippen LogP contribution in [-0.4, -0.2) is 40.9 Å². The van der Waals surface area contributed by atoms with E-state index in [0.29, 0.717) is 5.76 Å². The Hall–Kier alpha value is -2.90. The SMILES string of the molecule is CC(C)(C)[Si](C)(C)OCc1cc(C(=O)N=[N+]=[N-])no1.ClCCl.[N-]=[N+]=NC(=O)c1cc(CO)on1. The van der Waals surface area contributed by atoms with E-state index in [1.807, 2.05) is 0 Å². The topological polar surface area (TPSA) is 213 Å². The van der Waals surface area contributed by atoms with Gasteiger partial charge in [-0.05, 0) is 39.4 Å². The summed E-state index contributed by atoms with van der Waals surface area (Å²) in [7, 11) is -1.88. The molecule has 186 valence electrons. The van der Waals surface area contributed by atoms with Crippen LogP contribution in [0.4, 0.5) is 0 Å². The van der Waals surface area contributed by atoms with Crippen LogP contribution in [0.2, 0.25) is 18.1 Å². The van der Waals surface area contributed by atoms with Crippen LogP contribution >= 0.6 is 23.2 Å². The van der Waals surface area contributed by atoms with E-state index in [-0.39, 0.29) is 40.7 Å². The van der Waals surface area contributed by atoms with Crippen LogP contribution in [0.5, 0.6) is 0 Å². The van der Waals surface area contributed by atoms with Gasteiger partial charge >= 0.3 is 0 Å². The van der Waals surface area contributed by atoms with Gasteiger partial charge in [-0.15, -0.1) is 23.2 Å². The maximum Gasteiger partial charge on any atom is 0.270 e. The minimum atomic E-state index is -1.88. The molecule has 0 saturated carbocycles. The molecule has 0 aliphatic rings. The summed E-state index contributed by atoms with van der Waals surface area (Å²) in [5.74, 6) is -1.00. The molecule has 0 saturated heterocycles. The fraction of sp³-hybridized carbons (Fsp3) is 0.529. The molecular formula is C17H24Cl2N8O6Si. The lowest BCUT2D eigenvalue weighted by Crippen LogP contribution is -2.40. The largest absolute Gasteiger partial charge is 0.409 e. The lowest BCUT2D eigenvalue weighted by molar-refractivity contribution is 0.0983. The second kappa shape index (κ2) is 15.1. The molecule has 0 radical (unpaired) electrons. The zero-order valence-corrected chi connectivity index (χ0v) is 21.6. The van der Waals surface area contributed by atoms with E-state index in [2.05, 4.69) is 68.8 Å². The van der Waals surface area contributed by atoms with Gasteiger partial charge in [0.15, 0.2) is 31.2 Å². The summed E-state index contributed by atoms with van der Waals surface area (Å²) in [6.45, 7) is 10.6. The first-order valence-electron chi connectivity index (χ1n) is 9.33. The number of aromatic nitrogens is 2. The molecule has 2 aromatic heterocycles. The Bertz CT molecular complexity index is 1040. The highest BCUT2D eigenvalue weighted by Gasteiger charge is 2.37. The number of azide groups is 2. The van der Waals surface area contributed by atoms with Gasteiger partial charge in [-0.1, -0.05) is 31.1 Å². The first kappa shape index (κ1) is 31.1. The molecule has 0 unspecified atom stereocenters. The molecule has 2 heterocycles. The highest BCUT2D eigenvalue weighted by Crippen LogP contribution is 2.37. The highest BCUT2D eigenvalue weighted by molar-refractivity contribution is 6.74. The highest BCUT2D eigenvalue weighted by atomic mass is 35.5. The second-order valence-electron chi connectivity index (χ2n) is 7.65. The maximum absolute atomic E-state index is 11.2. The average Bonchev–Trinajstić information content (AvgIpc) is 3.43. The number of halogens is 2. The summed E-state index contributed by atoms with van der Waals surface area (Å²) in [5, 5.41) is 21.3. The molecule has 0 aliphatic carbocycles. The van der Waals surface area contributed by atoms with E-state index in [4.69, 9.17) is 48.3 Å². The molecule has 34 heavy (non-hydrogen) atoms. The summed E-state index contributed by atoms with van der Waals surface area (Å²) < 4.78 is 15.4. The van der Waals surface area contributed by atoms with E-state index in [0.717, 1.165) is 0 Å². The summed E-state index contributed by atoms with van der Waals surface area (Å²) in [6, 6.07) is 2.64. The van der Waals surface area contributed by atoms with Gasteiger partial charge < -0.3 is 18.6 Å². The number of rotatable bonds is 6. The molecule has 0 fully saturated rings. The van der Waals surface area contributed by atoms with Crippen molar-refractivity contribution in [1.29, 1.82) is 0 Å². The molecular weight excluding hydrogens is 511 g/mol. The lowest BCUT2D eigenvalue weighted by atomic mass is 10.2. The number of aliphatic hydroxyl groups is 1. The van der Waals surface area contributed by atoms with Crippen molar-refractivity contribution in [1.82, 2.24) is 10.3 Å². The van der Waals surface area contributed by atoms with Gasteiger partial charge in [0, 0.05) is 22.0 Å². The predicted octanol–water partition coefficient (Wildman–Crippen LogP) is 5.69. The Kier molecular flexibility index (Phi) is 13.8. The van der Waals surface area contributed by atoms with E-state index in [1.165, 1.54) is 12.1 Å². The summed E-state index contributed by atoms with van der Waals surface area (Å²) in [6.07, 6.45) is 0. The predicted molar refractivity (Wildman–Crippen MR) is 124 cm³/mol. The van der Waals surface area contributed by atoms with E-state index in [9.17, 15) is 9.59 Å². The monoisotopic (exact) mass is 534 g/mol. The molecule has 0 aliphatic heterocycles. The standard InChI is InChI=1S/C11H18N4O3Si.C5H4N4O3.CH2Cl2/c1-11(2,3)19(4,5)17-7-8-6-9(14-18-8)10(16)13-15-12;6-9-7-5(11)4-1-3(2-10)12-8-4;2-1-3/h6H,7H2,1-5H3;1,10H,2H2;1H2. The number of aliphatic hydroxyl groups excluding tert-OH is 1. The van der Waals surface area contributed by atoms with Crippen molar-refractivity contribution in [2.45, 2.75) is 52.1 Å². The molecule has 0 bridgehead atoms. The minimum absolute atomic E-state index is 0.00775. The van der Waals surface area contributed by atoms with E-state index >= 15 is 0 Å².